The second kappa shape index (κ2) is 10.3. The lowest BCUT2D eigenvalue weighted by atomic mass is 9.97. The summed E-state index contributed by atoms with van der Waals surface area (Å²) in [5, 5.41) is 0. The topological polar surface area (TPSA) is 110 Å². The van der Waals surface area contributed by atoms with Crippen LogP contribution in [0.3, 0.4) is 0 Å². The van der Waals surface area contributed by atoms with Gasteiger partial charge in [-0.05, 0) is 44.0 Å². The fraction of sp³-hybridized carbons (Fsp3) is 0.381. The molecule has 1 unspecified atom stereocenters. The Kier molecular flexibility index (Phi) is 7.31. The Balaban J connectivity index is 1.44. The van der Waals surface area contributed by atoms with Crippen LogP contribution in [0.5, 0.6) is 11.5 Å². The number of para-hydroxylation sites is 2. The van der Waals surface area contributed by atoms with Crippen LogP contribution in [0.15, 0.2) is 47.1 Å². The summed E-state index contributed by atoms with van der Waals surface area (Å²) in [6.45, 7) is 2.87. The molecule has 2 aromatic rings. The lowest BCUT2D eigenvalue weighted by Crippen LogP contribution is -2.50. The Labute approximate surface area is 174 Å². The van der Waals surface area contributed by atoms with Gasteiger partial charge in [0.25, 0.3) is 11.8 Å². The molecule has 1 fully saturated rings. The van der Waals surface area contributed by atoms with Gasteiger partial charge in [-0.1, -0.05) is 12.1 Å². The minimum absolute atomic E-state index is 0.244. The molecule has 2 N–H and O–H groups in total. The third kappa shape index (κ3) is 5.53. The summed E-state index contributed by atoms with van der Waals surface area (Å²) in [5.74, 6) is -0.293. The van der Waals surface area contributed by atoms with Gasteiger partial charge in [-0.25, -0.2) is 0 Å². The Morgan fingerprint density at radius 3 is 2.57 bits per heavy atom. The summed E-state index contributed by atoms with van der Waals surface area (Å²) in [7, 11) is 0. The minimum atomic E-state index is -0.506. The SMILES string of the molecule is CCOc1ccccc1OCC(=O)NNC(=O)C1CCCN(C(=O)c2ccco2)C1. The summed E-state index contributed by atoms with van der Waals surface area (Å²) in [4.78, 5) is 38.4. The lowest BCUT2D eigenvalue weighted by Gasteiger charge is -2.31. The van der Waals surface area contributed by atoms with Crippen molar-refractivity contribution in [1.82, 2.24) is 15.8 Å². The van der Waals surface area contributed by atoms with Gasteiger partial charge in [0, 0.05) is 13.1 Å². The Bertz CT molecular complexity index is 867. The van der Waals surface area contributed by atoms with Crippen LogP contribution in [0.25, 0.3) is 0 Å². The van der Waals surface area contributed by atoms with Crippen molar-refractivity contribution in [3.05, 3.63) is 48.4 Å². The maximum atomic E-state index is 12.4. The van der Waals surface area contributed by atoms with Gasteiger partial charge >= 0.3 is 0 Å². The Hall–Kier alpha value is -3.49. The first kappa shape index (κ1) is 21.2. The van der Waals surface area contributed by atoms with Crippen LogP contribution in [-0.2, 0) is 9.59 Å². The van der Waals surface area contributed by atoms with Crippen molar-refractivity contribution in [3.8, 4) is 11.5 Å². The zero-order valence-corrected chi connectivity index (χ0v) is 16.8. The zero-order chi connectivity index (χ0) is 21.3. The highest BCUT2D eigenvalue weighted by atomic mass is 16.5. The molecular formula is C21H25N3O6. The van der Waals surface area contributed by atoms with Crippen LogP contribution in [-0.4, -0.2) is 48.9 Å². The van der Waals surface area contributed by atoms with E-state index in [4.69, 9.17) is 13.9 Å². The van der Waals surface area contributed by atoms with Crippen LogP contribution < -0.4 is 20.3 Å². The molecule has 0 spiro atoms. The number of hydrazine groups is 1. The van der Waals surface area contributed by atoms with E-state index in [0.717, 1.165) is 0 Å². The quantitative estimate of drug-likeness (QED) is 0.667. The van der Waals surface area contributed by atoms with Gasteiger partial charge in [0.05, 0.1) is 18.8 Å². The van der Waals surface area contributed by atoms with E-state index in [0.29, 0.717) is 37.5 Å². The number of carbonyl (C=O) groups is 3. The Morgan fingerprint density at radius 2 is 1.87 bits per heavy atom. The van der Waals surface area contributed by atoms with E-state index in [2.05, 4.69) is 10.9 Å². The first-order valence-electron chi connectivity index (χ1n) is 9.84. The molecule has 0 aliphatic carbocycles. The average molecular weight is 415 g/mol. The van der Waals surface area contributed by atoms with Crippen molar-refractivity contribution in [2.45, 2.75) is 19.8 Å². The molecule has 1 aliphatic heterocycles. The van der Waals surface area contributed by atoms with Crippen molar-refractivity contribution in [3.63, 3.8) is 0 Å². The second-order valence-electron chi connectivity index (χ2n) is 6.77. The molecule has 1 atom stereocenters. The smallest absolute Gasteiger partial charge is 0.289 e. The maximum Gasteiger partial charge on any atom is 0.289 e. The number of hydrogen-bond acceptors (Lipinski definition) is 6. The summed E-state index contributed by atoms with van der Waals surface area (Å²) in [6, 6.07) is 10.3. The van der Waals surface area contributed by atoms with E-state index in [-0.39, 0.29) is 30.7 Å². The van der Waals surface area contributed by atoms with E-state index in [1.807, 2.05) is 13.0 Å². The largest absolute Gasteiger partial charge is 0.490 e. The third-order valence-corrected chi connectivity index (χ3v) is 4.64. The van der Waals surface area contributed by atoms with Crippen LogP contribution >= 0.6 is 0 Å². The van der Waals surface area contributed by atoms with Crippen LogP contribution in [0.4, 0.5) is 0 Å². The molecule has 9 heteroatoms. The van der Waals surface area contributed by atoms with E-state index < -0.39 is 11.8 Å². The molecule has 1 saturated heterocycles. The fourth-order valence-corrected chi connectivity index (χ4v) is 3.19. The molecule has 30 heavy (non-hydrogen) atoms. The molecule has 1 aromatic heterocycles. The molecule has 0 saturated carbocycles. The fourth-order valence-electron chi connectivity index (χ4n) is 3.19. The molecule has 0 bridgehead atoms. The van der Waals surface area contributed by atoms with Gasteiger partial charge in [-0.15, -0.1) is 0 Å². The zero-order valence-electron chi connectivity index (χ0n) is 16.8. The highest BCUT2D eigenvalue weighted by molar-refractivity contribution is 5.92. The minimum Gasteiger partial charge on any atom is -0.490 e. The first-order valence-corrected chi connectivity index (χ1v) is 9.84. The lowest BCUT2D eigenvalue weighted by molar-refractivity contribution is -0.132. The molecule has 3 rings (SSSR count). The molecule has 2 heterocycles. The molecule has 0 radical (unpaired) electrons. The number of carbonyl (C=O) groups excluding carboxylic acids is 3. The van der Waals surface area contributed by atoms with Crippen LogP contribution in [0.2, 0.25) is 0 Å². The summed E-state index contributed by atoms with van der Waals surface area (Å²) < 4.78 is 16.0. The number of ether oxygens (including phenoxy) is 2. The number of amides is 3. The number of nitrogens with zero attached hydrogens (tertiary/aromatic N) is 1. The summed E-state index contributed by atoms with van der Waals surface area (Å²) in [6.07, 6.45) is 2.75. The van der Waals surface area contributed by atoms with Crippen molar-refractivity contribution >= 4 is 17.7 Å². The second-order valence-corrected chi connectivity index (χ2v) is 6.77. The third-order valence-electron chi connectivity index (χ3n) is 4.64. The van der Waals surface area contributed by atoms with Crippen molar-refractivity contribution in [2.75, 3.05) is 26.3 Å². The number of rotatable bonds is 7. The number of nitrogens with one attached hydrogen (secondary N) is 2. The van der Waals surface area contributed by atoms with E-state index in [1.165, 1.54) is 6.26 Å². The molecule has 3 amide bonds. The van der Waals surface area contributed by atoms with Gasteiger partial charge in [0.2, 0.25) is 5.91 Å². The number of hydrogen-bond donors (Lipinski definition) is 2. The van der Waals surface area contributed by atoms with Crippen molar-refractivity contribution in [2.24, 2.45) is 5.92 Å². The monoisotopic (exact) mass is 415 g/mol. The van der Waals surface area contributed by atoms with Crippen LogP contribution in [0, 0.1) is 5.92 Å². The van der Waals surface area contributed by atoms with Gasteiger partial charge in [0.1, 0.15) is 0 Å². The highest BCUT2D eigenvalue weighted by Crippen LogP contribution is 2.26. The number of likely N-dealkylation sites (tertiary alicyclic amines) is 1. The number of benzene rings is 1. The standard InChI is InChI=1S/C21H25N3O6/c1-2-28-16-8-3-4-9-17(16)30-14-19(25)22-23-20(26)15-7-5-11-24(13-15)21(27)18-10-6-12-29-18/h3-4,6,8-10,12,15H,2,5,7,11,13-14H2,1H3,(H,22,25)(H,23,26). The van der Waals surface area contributed by atoms with Crippen LogP contribution in [0.1, 0.15) is 30.3 Å². The molecular weight excluding hydrogens is 390 g/mol. The molecule has 160 valence electrons. The predicted molar refractivity (Wildman–Crippen MR) is 107 cm³/mol. The van der Waals surface area contributed by atoms with Crippen molar-refractivity contribution < 1.29 is 28.3 Å². The van der Waals surface area contributed by atoms with Gasteiger partial charge in [0.15, 0.2) is 23.9 Å². The average Bonchev–Trinajstić information content (AvgIpc) is 3.31. The van der Waals surface area contributed by atoms with E-state index in [9.17, 15) is 14.4 Å². The van der Waals surface area contributed by atoms with Gasteiger partial charge in [-0.3, -0.25) is 25.2 Å². The highest BCUT2D eigenvalue weighted by Gasteiger charge is 2.30. The van der Waals surface area contributed by atoms with Crippen molar-refractivity contribution in [1.29, 1.82) is 0 Å². The number of furan rings is 1. The van der Waals surface area contributed by atoms with E-state index in [1.54, 1.807) is 35.2 Å². The predicted octanol–water partition coefficient (Wildman–Crippen LogP) is 1.76. The maximum absolute atomic E-state index is 12.4. The molecule has 1 aromatic carbocycles. The first-order chi connectivity index (χ1) is 14.6. The van der Waals surface area contributed by atoms with E-state index >= 15 is 0 Å². The van der Waals surface area contributed by atoms with Gasteiger partial charge < -0.3 is 18.8 Å². The molecule has 9 nitrogen and oxygen atoms in total. The van der Waals surface area contributed by atoms with Gasteiger partial charge in [-0.2, -0.15) is 0 Å². The Morgan fingerprint density at radius 1 is 1.10 bits per heavy atom. The number of piperidine rings is 1. The summed E-state index contributed by atoms with van der Waals surface area (Å²) in [5.41, 5.74) is 4.76. The normalized spacial score (nSPS) is 15.9. The molecule has 1 aliphatic rings. The summed E-state index contributed by atoms with van der Waals surface area (Å²) >= 11 is 0.